The van der Waals surface area contributed by atoms with E-state index in [0.717, 1.165) is 12.1 Å². The average Bonchev–Trinajstić information content (AvgIpc) is 2.48. The molecule has 0 aromatic heterocycles. The molecule has 1 fully saturated rings. The fourth-order valence-electron chi connectivity index (χ4n) is 2.37. The number of benzene rings is 1. The van der Waals surface area contributed by atoms with Crippen LogP contribution >= 0.6 is 0 Å². The Morgan fingerprint density at radius 1 is 1.43 bits per heavy atom. The zero-order valence-corrected chi connectivity index (χ0v) is 11.9. The molecule has 1 aliphatic heterocycles. The van der Waals surface area contributed by atoms with Gasteiger partial charge in [0.1, 0.15) is 6.10 Å². The van der Waals surface area contributed by atoms with E-state index in [1.54, 1.807) is 20.2 Å². The summed E-state index contributed by atoms with van der Waals surface area (Å²) in [6.45, 7) is 1.57. The van der Waals surface area contributed by atoms with Crippen molar-refractivity contribution in [3.63, 3.8) is 0 Å². The Morgan fingerprint density at radius 3 is 2.81 bits per heavy atom. The first-order chi connectivity index (χ1) is 9.95. The molecule has 0 saturated carbocycles. The average molecular weight is 301 g/mol. The number of aliphatic imine (C=N–C) groups is 1. The van der Waals surface area contributed by atoms with Crippen LogP contribution in [0.1, 0.15) is 17.2 Å². The van der Waals surface area contributed by atoms with Crippen LogP contribution in [0.3, 0.4) is 0 Å². The lowest BCUT2D eigenvalue weighted by Crippen LogP contribution is -2.47. The van der Waals surface area contributed by atoms with E-state index in [2.05, 4.69) is 10.3 Å². The zero-order valence-electron chi connectivity index (χ0n) is 11.9. The van der Waals surface area contributed by atoms with E-state index in [1.807, 2.05) is 4.90 Å². The van der Waals surface area contributed by atoms with E-state index in [1.165, 1.54) is 6.07 Å². The summed E-state index contributed by atoms with van der Waals surface area (Å²) in [6.07, 6.45) is -4.74. The molecule has 7 heteroatoms. The number of hydrogen-bond acceptors (Lipinski definition) is 2. The van der Waals surface area contributed by atoms with Gasteiger partial charge in [-0.15, -0.1) is 0 Å². The minimum Gasteiger partial charge on any atom is -0.370 e. The summed E-state index contributed by atoms with van der Waals surface area (Å²) in [5.74, 6) is 0.704. The molecule has 0 amide bonds. The monoisotopic (exact) mass is 301 g/mol. The third-order valence-corrected chi connectivity index (χ3v) is 3.39. The lowest BCUT2D eigenvalue weighted by atomic mass is 10.0. The van der Waals surface area contributed by atoms with Gasteiger partial charge in [0.05, 0.1) is 18.7 Å². The van der Waals surface area contributed by atoms with Crippen LogP contribution in [-0.2, 0) is 10.9 Å². The molecule has 116 valence electrons. The molecule has 2 rings (SSSR count). The van der Waals surface area contributed by atoms with Crippen LogP contribution in [0.5, 0.6) is 0 Å². The smallest absolute Gasteiger partial charge is 0.370 e. The van der Waals surface area contributed by atoms with Crippen molar-refractivity contribution in [2.75, 3.05) is 33.8 Å². The summed E-state index contributed by atoms with van der Waals surface area (Å²) in [5.41, 5.74) is -0.125. The highest BCUT2D eigenvalue weighted by Gasteiger charge is 2.32. The van der Waals surface area contributed by atoms with Crippen molar-refractivity contribution >= 4 is 5.96 Å². The first-order valence-corrected chi connectivity index (χ1v) is 6.64. The Hall–Kier alpha value is -1.76. The minimum absolute atomic E-state index is 0.397. The van der Waals surface area contributed by atoms with E-state index in [9.17, 15) is 13.2 Å². The predicted octanol–water partition coefficient (Wildman–Crippen LogP) is 2.28. The summed E-state index contributed by atoms with van der Waals surface area (Å²) < 4.78 is 43.9. The van der Waals surface area contributed by atoms with Crippen LogP contribution < -0.4 is 5.32 Å². The number of nitrogens with one attached hydrogen (secondary N) is 1. The van der Waals surface area contributed by atoms with Crippen molar-refractivity contribution in [1.82, 2.24) is 10.2 Å². The maximum Gasteiger partial charge on any atom is 0.416 e. The second-order valence-corrected chi connectivity index (χ2v) is 4.73. The van der Waals surface area contributed by atoms with Crippen LogP contribution in [0.25, 0.3) is 0 Å². The second-order valence-electron chi connectivity index (χ2n) is 4.73. The molecular formula is C14H18F3N3O. The third kappa shape index (κ3) is 3.66. The predicted molar refractivity (Wildman–Crippen MR) is 74.1 cm³/mol. The van der Waals surface area contributed by atoms with E-state index >= 15 is 0 Å². The van der Waals surface area contributed by atoms with Gasteiger partial charge in [0.2, 0.25) is 0 Å². The van der Waals surface area contributed by atoms with Crippen molar-refractivity contribution in [2.24, 2.45) is 4.99 Å². The van der Waals surface area contributed by atoms with Gasteiger partial charge in [-0.1, -0.05) is 12.1 Å². The van der Waals surface area contributed by atoms with Gasteiger partial charge in [-0.05, 0) is 17.7 Å². The third-order valence-electron chi connectivity index (χ3n) is 3.39. The van der Waals surface area contributed by atoms with Gasteiger partial charge >= 0.3 is 6.18 Å². The highest BCUT2D eigenvalue weighted by molar-refractivity contribution is 5.79. The molecule has 1 unspecified atom stereocenters. The van der Waals surface area contributed by atoms with E-state index in [-0.39, 0.29) is 0 Å². The van der Waals surface area contributed by atoms with Crippen molar-refractivity contribution in [3.05, 3.63) is 35.4 Å². The fourth-order valence-corrected chi connectivity index (χ4v) is 2.37. The normalized spacial score (nSPS) is 20.5. The lowest BCUT2D eigenvalue weighted by Gasteiger charge is -2.35. The molecule has 21 heavy (non-hydrogen) atoms. The lowest BCUT2D eigenvalue weighted by molar-refractivity contribution is -0.137. The standard InChI is InChI=1S/C14H18F3N3O/c1-18-13(19-2)20-6-7-21-12(9-20)10-4-3-5-11(8-10)14(15,16)17/h3-5,8,12H,6-7,9H2,1-2H3,(H,18,19). The Bertz CT molecular complexity index is 516. The quantitative estimate of drug-likeness (QED) is 0.639. The van der Waals surface area contributed by atoms with E-state index in [0.29, 0.717) is 31.2 Å². The van der Waals surface area contributed by atoms with Gasteiger partial charge in [0.25, 0.3) is 0 Å². The maximum absolute atomic E-state index is 12.8. The molecule has 1 N–H and O–H groups in total. The van der Waals surface area contributed by atoms with Crippen LogP contribution in [0.2, 0.25) is 0 Å². The van der Waals surface area contributed by atoms with E-state index < -0.39 is 17.8 Å². The largest absolute Gasteiger partial charge is 0.416 e. The molecule has 0 radical (unpaired) electrons. The van der Waals surface area contributed by atoms with Gasteiger partial charge in [0, 0.05) is 20.6 Å². The molecule has 1 heterocycles. The van der Waals surface area contributed by atoms with Crippen LogP contribution in [0, 0.1) is 0 Å². The Kier molecular flexibility index (Phi) is 4.72. The molecule has 0 bridgehead atoms. The summed E-state index contributed by atoms with van der Waals surface area (Å²) in [6, 6.07) is 5.28. The number of hydrogen-bond donors (Lipinski definition) is 1. The SMILES string of the molecule is CN=C(NC)N1CCOC(c2cccc(C(F)(F)F)c2)C1. The van der Waals surface area contributed by atoms with Crippen LogP contribution in [0.4, 0.5) is 13.2 Å². The number of rotatable bonds is 1. The Balaban J connectivity index is 2.18. The first kappa shape index (κ1) is 15.6. The molecule has 1 aromatic rings. The molecule has 0 aliphatic carbocycles. The van der Waals surface area contributed by atoms with Crippen molar-refractivity contribution in [1.29, 1.82) is 0 Å². The molecule has 0 spiro atoms. The Morgan fingerprint density at radius 2 is 2.19 bits per heavy atom. The van der Waals surface area contributed by atoms with E-state index in [4.69, 9.17) is 4.74 Å². The van der Waals surface area contributed by atoms with Crippen molar-refractivity contribution < 1.29 is 17.9 Å². The molecule has 1 aromatic carbocycles. The van der Waals surface area contributed by atoms with Gasteiger partial charge in [-0.25, -0.2) is 0 Å². The number of morpholine rings is 1. The fraction of sp³-hybridized carbons (Fsp3) is 0.500. The maximum atomic E-state index is 12.8. The molecule has 1 saturated heterocycles. The van der Waals surface area contributed by atoms with Gasteiger partial charge in [-0.2, -0.15) is 13.2 Å². The van der Waals surface area contributed by atoms with Crippen LogP contribution in [0.15, 0.2) is 29.3 Å². The number of halogens is 3. The second kappa shape index (κ2) is 6.34. The number of alkyl halides is 3. The van der Waals surface area contributed by atoms with Gasteiger partial charge in [-0.3, -0.25) is 4.99 Å². The topological polar surface area (TPSA) is 36.9 Å². The zero-order chi connectivity index (χ0) is 15.5. The molecule has 1 aliphatic rings. The Labute approximate surface area is 121 Å². The van der Waals surface area contributed by atoms with Crippen molar-refractivity contribution in [3.8, 4) is 0 Å². The minimum atomic E-state index is -4.34. The summed E-state index contributed by atoms with van der Waals surface area (Å²) in [4.78, 5) is 6.08. The number of ether oxygens (including phenoxy) is 1. The summed E-state index contributed by atoms with van der Waals surface area (Å²) in [5, 5.41) is 2.97. The van der Waals surface area contributed by atoms with Crippen LogP contribution in [-0.4, -0.2) is 44.7 Å². The summed E-state index contributed by atoms with van der Waals surface area (Å²) in [7, 11) is 3.43. The molecular weight excluding hydrogens is 283 g/mol. The molecule has 1 atom stereocenters. The van der Waals surface area contributed by atoms with Crippen molar-refractivity contribution in [2.45, 2.75) is 12.3 Å². The highest BCUT2D eigenvalue weighted by Crippen LogP contribution is 2.32. The number of nitrogens with zero attached hydrogens (tertiary/aromatic N) is 2. The van der Waals surface area contributed by atoms with Gasteiger partial charge in [0.15, 0.2) is 5.96 Å². The molecule has 4 nitrogen and oxygen atoms in total. The van der Waals surface area contributed by atoms with Gasteiger partial charge < -0.3 is 15.0 Å². The number of guanidine groups is 1. The first-order valence-electron chi connectivity index (χ1n) is 6.64. The summed E-state index contributed by atoms with van der Waals surface area (Å²) >= 11 is 0. The highest BCUT2D eigenvalue weighted by atomic mass is 19.4.